The number of hydrogen-bond acceptors (Lipinski definition) is 2. The molecule has 0 aromatic rings. The summed E-state index contributed by atoms with van der Waals surface area (Å²) in [6.07, 6.45) is 0. The average molecular weight is 110 g/mol. The maximum absolute atomic E-state index is 9.29. The van der Waals surface area contributed by atoms with Crippen LogP contribution >= 0.6 is 9.24 Å². The van der Waals surface area contributed by atoms with E-state index in [-0.39, 0.29) is 0 Å². The Morgan fingerprint density at radius 1 is 1.60 bits per heavy atom. The second kappa shape index (κ2) is 2.36. The summed E-state index contributed by atoms with van der Waals surface area (Å²) in [5, 5.41) is 1.00. The fraction of sp³-hybridized carbons (Fsp3) is 0. The first-order chi connectivity index (χ1) is 2.27. The minimum atomic E-state index is -1.98. The van der Waals surface area contributed by atoms with Gasteiger partial charge in [-0.15, -0.1) is 0 Å². The van der Waals surface area contributed by atoms with Gasteiger partial charge in [-0.25, -0.2) is 0 Å². The van der Waals surface area contributed by atoms with Crippen molar-refractivity contribution >= 4 is 24.6 Å². The quantitative estimate of drug-likeness (QED) is 0.311. The summed E-state index contributed by atoms with van der Waals surface area (Å²) in [5.74, 6) is 0. The molecule has 5 heavy (non-hydrogen) atoms. The Morgan fingerprint density at radius 3 is 1.80 bits per heavy atom. The fourth-order valence-corrected chi connectivity index (χ4v) is 0. The molecule has 0 saturated carbocycles. The minimum absolute atomic E-state index is 1.00. The van der Waals surface area contributed by atoms with Crippen molar-refractivity contribution in [3.05, 3.63) is 0 Å². The third-order valence-electron chi connectivity index (χ3n) is 0.111. The highest BCUT2D eigenvalue weighted by Gasteiger charge is 1.47. The normalized spacial score (nSPS) is 6.60. The molecule has 0 N–H and O–H groups in total. The highest BCUT2D eigenvalue weighted by atomic mass is 32.2. The van der Waals surface area contributed by atoms with Gasteiger partial charge in [0.15, 0.2) is 0 Å². The second-order valence-electron chi connectivity index (χ2n) is 0.397. The first-order valence-corrected chi connectivity index (χ1v) is 2.71. The van der Waals surface area contributed by atoms with E-state index in [2.05, 4.69) is 0 Å². The fourth-order valence-electron chi connectivity index (χ4n) is 0. The number of hydrogen-bond donors (Lipinski definition) is 0. The summed E-state index contributed by atoms with van der Waals surface area (Å²) in [5.41, 5.74) is 0. The van der Waals surface area contributed by atoms with Crippen molar-refractivity contribution in [2.75, 3.05) is 0 Å². The maximum atomic E-state index is 9.29. The van der Waals surface area contributed by atoms with Crippen molar-refractivity contribution in [3.63, 3.8) is 0 Å². The highest BCUT2D eigenvalue weighted by molar-refractivity contribution is 7.81. The molecule has 0 fully saturated rings. The summed E-state index contributed by atoms with van der Waals surface area (Å²) >= 11 is 0. The average Bonchev–Trinajstić information content (AvgIpc) is 1.38. The Labute approximate surface area is 33.9 Å². The van der Waals surface area contributed by atoms with Gasteiger partial charge in [0.25, 0.3) is 0 Å². The predicted octanol–water partition coefficient (Wildman–Crippen LogP) is -0.500. The summed E-state index contributed by atoms with van der Waals surface area (Å²) < 4.78 is 18.6. The smallest absolute Gasteiger partial charge is 0.185 e. The predicted molar refractivity (Wildman–Crippen MR) is 24.7 cm³/mol. The lowest BCUT2D eigenvalue weighted by Gasteiger charge is -1.38. The molecular weight excluding hydrogens is 107 g/mol. The van der Waals surface area contributed by atoms with Crippen LogP contribution in [0.3, 0.4) is 0 Å². The van der Waals surface area contributed by atoms with Gasteiger partial charge in [0.05, 0.1) is 5.11 Å². The zero-order valence-electron chi connectivity index (χ0n) is 2.38. The van der Waals surface area contributed by atoms with Gasteiger partial charge in [-0.05, 0) is 0 Å². The van der Waals surface area contributed by atoms with E-state index in [1.54, 1.807) is 0 Å². The third-order valence-corrected chi connectivity index (χ3v) is 1.00. The van der Waals surface area contributed by atoms with Crippen LogP contribution in [-0.4, -0.2) is 13.5 Å². The molecule has 0 aliphatic heterocycles. The lowest BCUT2D eigenvalue weighted by atomic mass is 11.9. The SMILES string of the molecule is O=S(=O)=CP. The van der Waals surface area contributed by atoms with Gasteiger partial charge in [0.1, 0.15) is 0 Å². The van der Waals surface area contributed by atoms with Crippen molar-refractivity contribution in [1.82, 2.24) is 0 Å². The molecule has 4 heteroatoms. The van der Waals surface area contributed by atoms with Gasteiger partial charge in [0, 0.05) is 0 Å². The van der Waals surface area contributed by atoms with Crippen LogP contribution in [0.25, 0.3) is 0 Å². The molecule has 2 nitrogen and oxygen atoms in total. The summed E-state index contributed by atoms with van der Waals surface area (Å²) in [6.45, 7) is 0. The highest BCUT2D eigenvalue weighted by Crippen LogP contribution is 1.58. The van der Waals surface area contributed by atoms with Crippen molar-refractivity contribution in [3.8, 4) is 0 Å². The van der Waals surface area contributed by atoms with Crippen molar-refractivity contribution < 1.29 is 8.42 Å². The van der Waals surface area contributed by atoms with E-state index >= 15 is 0 Å². The van der Waals surface area contributed by atoms with E-state index in [1.807, 2.05) is 9.24 Å². The van der Waals surface area contributed by atoms with Gasteiger partial charge < -0.3 is 0 Å². The summed E-state index contributed by atoms with van der Waals surface area (Å²) in [7, 11) is -0.0278. The maximum Gasteiger partial charge on any atom is 0.213 e. The zero-order valence-corrected chi connectivity index (χ0v) is 4.35. The molecule has 0 rings (SSSR count). The Balaban J connectivity index is 4.25. The third kappa shape index (κ3) is 4.12. The van der Waals surface area contributed by atoms with Crippen LogP contribution < -0.4 is 0 Å². The van der Waals surface area contributed by atoms with E-state index in [9.17, 15) is 8.42 Å². The van der Waals surface area contributed by atoms with Crippen LogP contribution in [-0.2, 0) is 10.3 Å². The first-order valence-electron chi connectivity index (χ1n) is 0.902. The van der Waals surface area contributed by atoms with Crippen LogP contribution in [0.15, 0.2) is 0 Å². The van der Waals surface area contributed by atoms with E-state index < -0.39 is 10.3 Å². The molecule has 0 bridgehead atoms. The van der Waals surface area contributed by atoms with Gasteiger partial charge in [0.2, 0.25) is 10.3 Å². The Bertz CT molecular complexity index is 113. The minimum Gasteiger partial charge on any atom is -0.185 e. The van der Waals surface area contributed by atoms with E-state index in [4.69, 9.17) is 0 Å². The Hall–Kier alpha value is 0.120. The van der Waals surface area contributed by atoms with E-state index in [0.29, 0.717) is 0 Å². The first kappa shape index (κ1) is 5.12. The molecule has 0 saturated heterocycles. The van der Waals surface area contributed by atoms with Crippen molar-refractivity contribution in [1.29, 1.82) is 0 Å². The van der Waals surface area contributed by atoms with Gasteiger partial charge >= 0.3 is 0 Å². The van der Waals surface area contributed by atoms with Crippen LogP contribution in [0.1, 0.15) is 0 Å². The molecule has 30 valence electrons. The summed E-state index contributed by atoms with van der Waals surface area (Å²) in [4.78, 5) is 0. The van der Waals surface area contributed by atoms with Gasteiger partial charge in [-0.1, -0.05) is 9.24 Å². The molecule has 0 amide bonds. The molecule has 0 aliphatic rings. The Morgan fingerprint density at radius 2 is 1.80 bits per heavy atom. The monoisotopic (exact) mass is 110 g/mol. The molecule has 0 radical (unpaired) electrons. The molecule has 1 unspecified atom stereocenters. The van der Waals surface area contributed by atoms with Crippen molar-refractivity contribution in [2.24, 2.45) is 0 Å². The van der Waals surface area contributed by atoms with E-state index in [1.165, 1.54) is 0 Å². The largest absolute Gasteiger partial charge is 0.213 e. The molecule has 0 aromatic carbocycles. The molecule has 0 aromatic heterocycles. The Kier molecular flexibility index (Phi) is 2.42. The molecule has 0 spiro atoms. The number of rotatable bonds is 0. The van der Waals surface area contributed by atoms with Crippen LogP contribution in [0.5, 0.6) is 0 Å². The zero-order chi connectivity index (χ0) is 4.28. The topological polar surface area (TPSA) is 34.1 Å². The van der Waals surface area contributed by atoms with Gasteiger partial charge in [-0.2, -0.15) is 8.42 Å². The van der Waals surface area contributed by atoms with Gasteiger partial charge in [-0.3, -0.25) is 0 Å². The standard InChI is InChI=1S/CH3O2PS/c2-5(3)1-4/h1H,4H2. The second-order valence-corrected chi connectivity index (χ2v) is 2.01. The van der Waals surface area contributed by atoms with Crippen LogP contribution in [0.4, 0.5) is 0 Å². The molecule has 0 heterocycles. The van der Waals surface area contributed by atoms with E-state index in [0.717, 1.165) is 5.11 Å². The molecule has 0 aliphatic carbocycles. The summed E-state index contributed by atoms with van der Waals surface area (Å²) in [6, 6.07) is 0. The van der Waals surface area contributed by atoms with Crippen LogP contribution in [0.2, 0.25) is 0 Å². The lowest BCUT2D eigenvalue weighted by molar-refractivity contribution is 0.627. The molecule has 1 atom stereocenters. The molecular formula is CH3O2PS. The van der Waals surface area contributed by atoms with Crippen LogP contribution in [0, 0.1) is 0 Å². The van der Waals surface area contributed by atoms with Crippen molar-refractivity contribution in [2.45, 2.75) is 0 Å². The lowest BCUT2D eigenvalue weighted by Crippen LogP contribution is -1.49.